The Morgan fingerprint density at radius 1 is 1.13 bits per heavy atom. The molecule has 0 aliphatic carbocycles. The molecule has 2 aromatic carbocycles. The van der Waals surface area contributed by atoms with Crippen LogP contribution in [0.4, 0.5) is 17.6 Å². The quantitative estimate of drug-likeness (QED) is 0.409. The minimum atomic E-state index is -4.40. The van der Waals surface area contributed by atoms with Gasteiger partial charge in [0.25, 0.3) is 0 Å². The van der Waals surface area contributed by atoms with E-state index >= 15 is 4.39 Å². The SMILES string of the molecule is CC1(C)CN(Cc2ccc(C(F)(F)F)cc2)CC[C@]1(O)c1ccc2ncc([C@H]3CCC(O)NC3=O)cc2c1F. The highest BCUT2D eigenvalue weighted by molar-refractivity contribution is 5.87. The van der Waals surface area contributed by atoms with Gasteiger partial charge in [-0.1, -0.05) is 32.0 Å². The summed E-state index contributed by atoms with van der Waals surface area (Å²) >= 11 is 0. The van der Waals surface area contributed by atoms with Crippen LogP contribution in [-0.2, 0) is 23.1 Å². The number of alkyl halides is 3. The molecule has 10 heteroatoms. The highest BCUT2D eigenvalue weighted by Crippen LogP contribution is 2.48. The highest BCUT2D eigenvalue weighted by atomic mass is 19.4. The summed E-state index contributed by atoms with van der Waals surface area (Å²) in [6.45, 7) is 4.92. The standard InChI is InChI=1S/C29H31F4N3O3/c1-27(2)16-36(15-17-3-5-19(6-4-17)29(31,32)33)12-11-28(27,39)22-8-9-23-21(25(22)30)13-18(14-34-23)20-7-10-24(37)35-26(20)38/h3-6,8-9,13-14,20,24,37,39H,7,10-12,15-16H2,1-2H3,(H,35,38)/t20-,24?,28+/m1/s1. The van der Waals surface area contributed by atoms with Crippen molar-refractivity contribution >= 4 is 16.8 Å². The van der Waals surface area contributed by atoms with Crippen LogP contribution in [0.3, 0.4) is 0 Å². The monoisotopic (exact) mass is 545 g/mol. The molecule has 208 valence electrons. The normalized spacial score (nSPS) is 26.0. The Balaban J connectivity index is 1.39. The van der Waals surface area contributed by atoms with E-state index in [0.717, 1.165) is 17.7 Å². The lowest BCUT2D eigenvalue weighted by Crippen LogP contribution is -2.55. The van der Waals surface area contributed by atoms with Crippen LogP contribution in [0.5, 0.6) is 0 Å². The van der Waals surface area contributed by atoms with Gasteiger partial charge in [0.15, 0.2) is 0 Å². The van der Waals surface area contributed by atoms with Gasteiger partial charge < -0.3 is 15.5 Å². The molecule has 3 aromatic rings. The Kier molecular flexibility index (Phi) is 6.93. The summed E-state index contributed by atoms with van der Waals surface area (Å²) in [6, 6.07) is 9.85. The molecule has 1 amide bonds. The first-order valence-corrected chi connectivity index (χ1v) is 13.0. The van der Waals surface area contributed by atoms with Crippen LogP contribution in [0.1, 0.15) is 61.3 Å². The van der Waals surface area contributed by atoms with Gasteiger partial charge in [-0.3, -0.25) is 14.7 Å². The number of aliphatic hydroxyl groups excluding tert-OH is 1. The second-order valence-corrected chi connectivity index (χ2v) is 11.3. The van der Waals surface area contributed by atoms with Gasteiger partial charge in [0.05, 0.1) is 22.6 Å². The van der Waals surface area contributed by atoms with Crippen LogP contribution >= 0.6 is 0 Å². The van der Waals surface area contributed by atoms with Gasteiger partial charge in [0, 0.05) is 42.2 Å². The second kappa shape index (κ2) is 9.83. The molecule has 3 heterocycles. The van der Waals surface area contributed by atoms with E-state index in [-0.39, 0.29) is 23.3 Å². The number of likely N-dealkylation sites (tertiary alicyclic amines) is 1. The van der Waals surface area contributed by atoms with E-state index in [1.807, 2.05) is 18.7 Å². The molecular formula is C29H31F4N3O3. The molecule has 0 bridgehead atoms. The number of aromatic nitrogens is 1. The fourth-order valence-electron chi connectivity index (χ4n) is 5.92. The molecule has 3 atom stereocenters. The fraction of sp³-hybridized carbons (Fsp3) is 0.448. The molecule has 2 aliphatic heterocycles. The lowest BCUT2D eigenvalue weighted by Gasteiger charge is -2.50. The maximum Gasteiger partial charge on any atom is 0.416 e. The largest absolute Gasteiger partial charge is 0.416 e. The number of nitrogens with one attached hydrogen (secondary N) is 1. The molecule has 3 N–H and O–H groups in total. The summed E-state index contributed by atoms with van der Waals surface area (Å²) in [4.78, 5) is 18.8. The van der Waals surface area contributed by atoms with Crippen molar-refractivity contribution in [3.63, 3.8) is 0 Å². The fourth-order valence-corrected chi connectivity index (χ4v) is 5.92. The molecule has 5 rings (SSSR count). The van der Waals surface area contributed by atoms with Crippen molar-refractivity contribution in [2.24, 2.45) is 5.41 Å². The minimum Gasteiger partial charge on any atom is -0.384 e. The molecule has 1 aromatic heterocycles. The zero-order valence-corrected chi connectivity index (χ0v) is 21.7. The number of amides is 1. The molecule has 1 unspecified atom stereocenters. The van der Waals surface area contributed by atoms with E-state index in [9.17, 15) is 28.2 Å². The van der Waals surface area contributed by atoms with Gasteiger partial charge in [-0.15, -0.1) is 0 Å². The molecule has 2 aliphatic rings. The Bertz CT molecular complexity index is 1390. The summed E-state index contributed by atoms with van der Waals surface area (Å²) in [5.41, 5.74) is -1.19. The first kappa shape index (κ1) is 27.5. The van der Waals surface area contributed by atoms with Gasteiger partial charge in [0.1, 0.15) is 12.0 Å². The van der Waals surface area contributed by atoms with Crippen LogP contribution < -0.4 is 5.32 Å². The number of benzene rings is 2. The topological polar surface area (TPSA) is 85.7 Å². The molecule has 2 fully saturated rings. The number of aliphatic hydroxyl groups is 2. The average Bonchev–Trinajstić information content (AvgIpc) is 2.86. The predicted molar refractivity (Wildman–Crippen MR) is 137 cm³/mol. The predicted octanol–water partition coefficient (Wildman–Crippen LogP) is 4.82. The number of rotatable bonds is 4. The van der Waals surface area contributed by atoms with Gasteiger partial charge in [-0.05, 0) is 54.7 Å². The first-order valence-electron chi connectivity index (χ1n) is 13.0. The number of halogens is 4. The van der Waals surface area contributed by atoms with Gasteiger partial charge in [-0.2, -0.15) is 13.2 Å². The lowest BCUT2D eigenvalue weighted by atomic mass is 9.66. The van der Waals surface area contributed by atoms with E-state index in [0.29, 0.717) is 43.6 Å². The number of fused-ring (bicyclic) bond motifs is 1. The van der Waals surface area contributed by atoms with Crippen molar-refractivity contribution < 1.29 is 32.6 Å². The van der Waals surface area contributed by atoms with Gasteiger partial charge in [-0.25, -0.2) is 4.39 Å². The number of pyridine rings is 1. The van der Waals surface area contributed by atoms with Crippen molar-refractivity contribution in [3.8, 4) is 0 Å². The minimum absolute atomic E-state index is 0.150. The molecule has 0 spiro atoms. The van der Waals surface area contributed by atoms with E-state index in [4.69, 9.17) is 0 Å². The number of nitrogens with zero attached hydrogens (tertiary/aromatic N) is 2. The first-order chi connectivity index (χ1) is 18.3. The van der Waals surface area contributed by atoms with Gasteiger partial charge >= 0.3 is 6.18 Å². The number of carbonyl (C=O) groups excluding carboxylic acids is 1. The summed E-state index contributed by atoms with van der Waals surface area (Å²) < 4.78 is 54.8. The summed E-state index contributed by atoms with van der Waals surface area (Å²) in [6.07, 6.45) is -2.73. The second-order valence-electron chi connectivity index (χ2n) is 11.3. The maximum atomic E-state index is 16.1. The van der Waals surface area contributed by atoms with Crippen LogP contribution in [-0.4, -0.2) is 45.3 Å². The highest BCUT2D eigenvalue weighted by Gasteiger charge is 2.50. The van der Waals surface area contributed by atoms with Crippen LogP contribution in [0, 0.1) is 11.2 Å². The van der Waals surface area contributed by atoms with E-state index in [2.05, 4.69) is 10.3 Å². The molecule has 39 heavy (non-hydrogen) atoms. The Labute approximate surface area is 223 Å². The van der Waals surface area contributed by atoms with E-state index in [1.165, 1.54) is 12.1 Å². The number of hydrogen-bond acceptors (Lipinski definition) is 5. The van der Waals surface area contributed by atoms with E-state index < -0.39 is 40.7 Å². The third-order valence-electron chi connectivity index (χ3n) is 8.24. The number of hydrogen-bond donors (Lipinski definition) is 3. The molecular weight excluding hydrogens is 514 g/mol. The summed E-state index contributed by atoms with van der Waals surface area (Å²) in [7, 11) is 0. The van der Waals surface area contributed by atoms with Crippen LogP contribution in [0.2, 0.25) is 0 Å². The van der Waals surface area contributed by atoms with Crippen molar-refractivity contribution in [1.82, 2.24) is 15.2 Å². The molecule has 6 nitrogen and oxygen atoms in total. The Morgan fingerprint density at radius 3 is 2.49 bits per heavy atom. The lowest BCUT2D eigenvalue weighted by molar-refractivity contribution is -0.137. The average molecular weight is 546 g/mol. The third-order valence-corrected chi connectivity index (χ3v) is 8.24. The van der Waals surface area contributed by atoms with E-state index in [1.54, 1.807) is 24.4 Å². The zero-order valence-electron chi connectivity index (χ0n) is 21.7. The van der Waals surface area contributed by atoms with Crippen LogP contribution in [0.15, 0.2) is 48.7 Å². The molecule has 0 radical (unpaired) electrons. The smallest absolute Gasteiger partial charge is 0.384 e. The Hall–Kier alpha value is -3.08. The van der Waals surface area contributed by atoms with Crippen molar-refractivity contribution in [3.05, 3.63) is 76.7 Å². The summed E-state index contributed by atoms with van der Waals surface area (Å²) in [5.74, 6) is -1.49. The van der Waals surface area contributed by atoms with Crippen molar-refractivity contribution in [2.75, 3.05) is 13.1 Å². The molecule has 2 saturated heterocycles. The zero-order chi connectivity index (χ0) is 28.2. The third kappa shape index (κ3) is 5.13. The maximum absolute atomic E-state index is 16.1. The van der Waals surface area contributed by atoms with Crippen molar-refractivity contribution in [2.45, 2.75) is 63.6 Å². The van der Waals surface area contributed by atoms with Crippen molar-refractivity contribution in [1.29, 1.82) is 0 Å². The van der Waals surface area contributed by atoms with Gasteiger partial charge in [0.2, 0.25) is 5.91 Å². The van der Waals surface area contributed by atoms with Crippen LogP contribution in [0.25, 0.3) is 10.9 Å². The number of piperidine rings is 2. The summed E-state index contributed by atoms with van der Waals surface area (Å²) in [5, 5.41) is 24.3. The Morgan fingerprint density at radius 2 is 1.85 bits per heavy atom. The molecule has 0 saturated carbocycles. The number of carbonyl (C=O) groups is 1.